The molecule has 30 heavy (non-hydrogen) atoms. The lowest BCUT2D eigenvalue weighted by molar-refractivity contribution is 0.102. The van der Waals surface area contributed by atoms with Gasteiger partial charge < -0.3 is 14.8 Å². The first-order valence-electron chi connectivity index (χ1n) is 9.30. The van der Waals surface area contributed by atoms with Crippen molar-refractivity contribution in [2.75, 3.05) is 19.5 Å². The van der Waals surface area contributed by atoms with E-state index < -0.39 is 0 Å². The lowest BCUT2D eigenvalue weighted by Crippen LogP contribution is -2.13. The van der Waals surface area contributed by atoms with E-state index in [0.29, 0.717) is 34.4 Å². The topological polar surface area (TPSA) is 89.1 Å². The summed E-state index contributed by atoms with van der Waals surface area (Å²) in [6, 6.07) is 22.1. The number of anilines is 1. The highest BCUT2D eigenvalue weighted by atomic mass is 16.5. The Labute approximate surface area is 173 Å². The fraction of sp³-hybridized carbons (Fsp3) is 0.0870. The highest BCUT2D eigenvalue weighted by molar-refractivity contribution is 6.06. The van der Waals surface area contributed by atoms with Gasteiger partial charge in [-0.3, -0.25) is 9.89 Å². The molecule has 0 spiro atoms. The van der Waals surface area contributed by atoms with Crippen molar-refractivity contribution in [2.45, 2.75) is 0 Å². The molecule has 150 valence electrons. The van der Waals surface area contributed by atoms with Crippen LogP contribution >= 0.6 is 0 Å². The lowest BCUT2D eigenvalue weighted by Gasteiger charge is -2.11. The Kier molecular flexibility index (Phi) is 5.43. The summed E-state index contributed by atoms with van der Waals surface area (Å²) < 4.78 is 10.5. The second-order valence-electron chi connectivity index (χ2n) is 6.44. The third-order valence-electron chi connectivity index (χ3n) is 4.59. The first kappa shape index (κ1) is 19.2. The van der Waals surface area contributed by atoms with Gasteiger partial charge in [0.25, 0.3) is 5.91 Å². The minimum Gasteiger partial charge on any atom is -0.493 e. The van der Waals surface area contributed by atoms with Crippen LogP contribution < -0.4 is 14.8 Å². The van der Waals surface area contributed by atoms with E-state index in [1.807, 2.05) is 54.6 Å². The van der Waals surface area contributed by atoms with Gasteiger partial charge in [0.05, 0.1) is 19.9 Å². The van der Waals surface area contributed by atoms with Crippen LogP contribution in [-0.2, 0) is 0 Å². The average molecular weight is 400 g/mol. The molecule has 1 amide bonds. The molecule has 4 rings (SSSR count). The zero-order valence-electron chi connectivity index (χ0n) is 16.5. The van der Waals surface area contributed by atoms with Crippen molar-refractivity contribution >= 4 is 11.6 Å². The summed E-state index contributed by atoms with van der Waals surface area (Å²) in [5.74, 6) is 1.93. The average Bonchev–Trinajstić information content (AvgIpc) is 3.29. The maximum atomic E-state index is 12.8. The standard InChI is InChI=1S/C23H20N4O3/c1-29-19-13-12-16(14-20(19)30-2)23(28)24-18-11-7-6-10-17(18)22-25-21(26-27-22)15-8-4-3-5-9-15/h3-14H,1-2H3,(H,24,28)(H,25,26,27). The van der Waals surface area contributed by atoms with Crippen molar-refractivity contribution in [2.24, 2.45) is 0 Å². The molecular weight excluding hydrogens is 380 g/mol. The first-order chi connectivity index (χ1) is 14.7. The Morgan fingerprint density at radius 2 is 1.63 bits per heavy atom. The van der Waals surface area contributed by atoms with Gasteiger partial charge in [-0.25, -0.2) is 4.98 Å². The van der Waals surface area contributed by atoms with Gasteiger partial charge in [0.1, 0.15) is 0 Å². The second-order valence-corrected chi connectivity index (χ2v) is 6.44. The quantitative estimate of drug-likeness (QED) is 0.500. The number of ether oxygens (including phenoxy) is 2. The number of hydrogen-bond donors (Lipinski definition) is 2. The third kappa shape index (κ3) is 3.86. The molecule has 1 aromatic heterocycles. The van der Waals surface area contributed by atoms with Crippen LogP contribution in [0.4, 0.5) is 5.69 Å². The molecule has 0 atom stereocenters. The van der Waals surface area contributed by atoms with Crippen LogP contribution in [0.25, 0.3) is 22.8 Å². The Morgan fingerprint density at radius 1 is 0.900 bits per heavy atom. The van der Waals surface area contributed by atoms with E-state index in [0.717, 1.165) is 11.1 Å². The number of carbonyl (C=O) groups excluding carboxylic acids is 1. The predicted molar refractivity (Wildman–Crippen MR) is 115 cm³/mol. The number of para-hydroxylation sites is 1. The van der Waals surface area contributed by atoms with Crippen LogP contribution in [0, 0.1) is 0 Å². The molecular formula is C23H20N4O3. The summed E-state index contributed by atoms with van der Waals surface area (Å²) in [6.45, 7) is 0. The Morgan fingerprint density at radius 3 is 2.40 bits per heavy atom. The number of aromatic amines is 1. The van der Waals surface area contributed by atoms with Gasteiger partial charge in [-0.15, -0.1) is 0 Å². The highest BCUT2D eigenvalue weighted by Gasteiger charge is 2.15. The molecule has 7 nitrogen and oxygen atoms in total. The van der Waals surface area contributed by atoms with Gasteiger partial charge in [-0.05, 0) is 30.3 Å². The maximum Gasteiger partial charge on any atom is 0.255 e. The normalized spacial score (nSPS) is 10.5. The van der Waals surface area contributed by atoms with E-state index in [1.54, 1.807) is 25.3 Å². The number of H-pyrrole nitrogens is 1. The molecule has 0 aliphatic rings. The van der Waals surface area contributed by atoms with E-state index in [-0.39, 0.29) is 5.91 Å². The van der Waals surface area contributed by atoms with Crippen molar-refractivity contribution in [1.29, 1.82) is 0 Å². The lowest BCUT2D eigenvalue weighted by atomic mass is 10.1. The molecule has 7 heteroatoms. The van der Waals surface area contributed by atoms with Gasteiger partial charge in [0.15, 0.2) is 23.1 Å². The fourth-order valence-corrected chi connectivity index (χ4v) is 3.07. The van der Waals surface area contributed by atoms with E-state index in [4.69, 9.17) is 9.47 Å². The summed E-state index contributed by atoms with van der Waals surface area (Å²) >= 11 is 0. The molecule has 4 aromatic rings. The van der Waals surface area contributed by atoms with E-state index in [9.17, 15) is 4.79 Å². The number of amides is 1. The Bertz CT molecular complexity index is 1170. The number of aromatic nitrogens is 3. The molecule has 0 aliphatic heterocycles. The van der Waals surface area contributed by atoms with Crippen LogP contribution in [0.3, 0.4) is 0 Å². The van der Waals surface area contributed by atoms with Crippen LogP contribution in [-0.4, -0.2) is 35.3 Å². The van der Waals surface area contributed by atoms with Crippen molar-refractivity contribution in [3.63, 3.8) is 0 Å². The number of hydrogen-bond acceptors (Lipinski definition) is 5. The number of carbonyl (C=O) groups is 1. The van der Waals surface area contributed by atoms with Crippen molar-refractivity contribution in [3.05, 3.63) is 78.4 Å². The summed E-state index contributed by atoms with van der Waals surface area (Å²) in [5, 5.41) is 10.2. The number of nitrogens with zero attached hydrogens (tertiary/aromatic N) is 2. The molecule has 0 bridgehead atoms. The first-order valence-corrected chi connectivity index (χ1v) is 9.30. The molecule has 0 fully saturated rings. The molecule has 3 aromatic carbocycles. The largest absolute Gasteiger partial charge is 0.493 e. The van der Waals surface area contributed by atoms with Gasteiger partial charge in [0.2, 0.25) is 0 Å². The van der Waals surface area contributed by atoms with Crippen LogP contribution in [0.2, 0.25) is 0 Å². The summed E-state index contributed by atoms with van der Waals surface area (Å²) in [7, 11) is 3.08. The predicted octanol–water partition coefficient (Wildman–Crippen LogP) is 4.41. The molecule has 0 saturated heterocycles. The minimum absolute atomic E-state index is 0.272. The molecule has 0 unspecified atom stereocenters. The number of rotatable bonds is 6. The number of methoxy groups -OCH3 is 2. The van der Waals surface area contributed by atoms with Crippen LogP contribution in [0.5, 0.6) is 11.5 Å². The van der Waals surface area contributed by atoms with Crippen molar-refractivity contribution in [3.8, 4) is 34.3 Å². The zero-order chi connectivity index (χ0) is 20.9. The van der Waals surface area contributed by atoms with E-state index in [1.165, 1.54) is 7.11 Å². The Balaban J connectivity index is 1.62. The molecule has 0 radical (unpaired) electrons. The second kappa shape index (κ2) is 8.48. The van der Waals surface area contributed by atoms with Gasteiger partial charge >= 0.3 is 0 Å². The van der Waals surface area contributed by atoms with Gasteiger partial charge in [0, 0.05) is 16.7 Å². The zero-order valence-corrected chi connectivity index (χ0v) is 16.5. The van der Waals surface area contributed by atoms with Crippen molar-refractivity contribution in [1.82, 2.24) is 15.2 Å². The van der Waals surface area contributed by atoms with Crippen LogP contribution in [0.1, 0.15) is 10.4 Å². The van der Waals surface area contributed by atoms with E-state index in [2.05, 4.69) is 20.5 Å². The highest BCUT2D eigenvalue weighted by Crippen LogP contribution is 2.30. The van der Waals surface area contributed by atoms with Gasteiger partial charge in [-0.2, -0.15) is 5.10 Å². The maximum absolute atomic E-state index is 12.8. The number of benzene rings is 3. The number of nitrogens with one attached hydrogen (secondary N) is 2. The Hall–Kier alpha value is -4.13. The monoisotopic (exact) mass is 400 g/mol. The fourth-order valence-electron chi connectivity index (χ4n) is 3.07. The van der Waals surface area contributed by atoms with Gasteiger partial charge in [-0.1, -0.05) is 42.5 Å². The minimum atomic E-state index is -0.272. The molecule has 0 saturated carbocycles. The summed E-state index contributed by atoms with van der Waals surface area (Å²) in [4.78, 5) is 17.4. The summed E-state index contributed by atoms with van der Waals surface area (Å²) in [5.41, 5.74) is 2.71. The van der Waals surface area contributed by atoms with E-state index >= 15 is 0 Å². The molecule has 1 heterocycles. The van der Waals surface area contributed by atoms with Crippen LogP contribution in [0.15, 0.2) is 72.8 Å². The summed E-state index contributed by atoms with van der Waals surface area (Å²) in [6.07, 6.45) is 0. The smallest absolute Gasteiger partial charge is 0.255 e. The molecule has 0 aliphatic carbocycles. The van der Waals surface area contributed by atoms with Crippen molar-refractivity contribution < 1.29 is 14.3 Å². The third-order valence-corrected chi connectivity index (χ3v) is 4.59. The SMILES string of the molecule is COc1ccc(C(=O)Nc2ccccc2-c2nc(-c3ccccc3)n[nH]2)cc1OC. The molecule has 2 N–H and O–H groups in total.